The molecule has 0 unspecified atom stereocenters. The van der Waals surface area contributed by atoms with Crippen LogP contribution in [0.15, 0.2) is 24.3 Å². The quantitative estimate of drug-likeness (QED) is 0.657. The first-order valence-corrected chi connectivity index (χ1v) is 5.57. The maximum Gasteiger partial charge on any atom is 1.00 e. The molecule has 1 nitrogen and oxygen atoms in total. The Hall–Kier alpha value is 0.671. The normalized spacial score (nSPS) is 16.9. The Kier molecular flexibility index (Phi) is 6.22. The van der Waals surface area contributed by atoms with Gasteiger partial charge < -0.3 is 12.9 Å². The molecule has 1 aromatic rings. The van der Waals surface area contributed by atoms with Crippen LogP contribution in [0.25, 0.3) is 0 Å². The van der Waals surface area contributed by atoms with Gasteiger partial charge in [0.25, 0.3) is 0 Å². The van der Waals surface area contributed by atoms with Crippen molar-refractivity contribution in [1.82, 2.24) is 4.90 Å². The van der Waals surface area contributed by atoms with Gasteiger partial charge >= 0.3 is 58.4 Å². The van der Waals surface area contributed by atoms with Gasteiger partial charge in [-0.2, -0.15) is 0 Å². The minimum absolute atomic E-state index is 0. The van der Waals surface area contributed by atoms with Crippen LogP contribution in [0.3, 0.4) is 0 Å². The monoisotopic (exact) mass is 267 g/mol. The zero-order valence-electron chi connectivity index (χ0n) is 10.0. The van der Waals surface area contributed by atoms with Crippen LogP contribution in [0.1, 0.15) is 18.4 Å². The molecule has 1 saturated heterocycles. The van der Waals surface area contributed by atoms with Gasteiger partial charge in [0, 0.05) is 6.54 Å². The molecule has 1 aliphatic rings. The number of likely N-dealkylation sites (tertiary alicyclic amines) is 1. The number of hydrogen-bond acceptors (Lipinski definition) is 1. The van der Waals surface area contributed by atoms with Crippen molar-refractivity contribution in [1.29, 1.82) is 0 Å². The van der Waals surface area contributed by atoms with Gasteiger partial charge in [0.2, 0.25) is 0 Å². The first-order valence-electron chi connectivity index (χ1n) is 5.57. The van der Waals surface area contributed by atoms with Gasteiger partial charge in [0.05, 0.1) is 0 Å². The molecule has 0 N–H and O–H groups in total. The van der Waals surface area contributed by atoms with Crippen molar-refractivity contribution in [3.05, 3.63) is 29.8 Å². The third-order valence-corrected chi connectivity index (χ3v) is 2.93. The van der Waals surface area contributed by atoms with Gasteiger partial charge in [-0.1, -0.05) is 24.3 Å². The molecule has 0 atom stereocenters. The largest absolute Gasteiger partial charge is 1.00 e. The second-order valence-corrected chi connectivity index (χ2v) is 4.30. The van der Waals surface area contributed by atoms with E-state index < -0.39 is 12.4 Å². The van der Waals surface area contributed by atoms with Crippen molar-refractivity contribution in [2.75, 3.05) is 13.1 Å². The topological polar surface area (TPSA) is 3.24 Å². The van der Waals surface area contributed by atoms with E-state index in [4.69, 9.17) is 0 Å². The van der Waals surface area contributed by atoms with E-state index in [2.05, 4.69) is 4.90 Å². The standard InChI is InChI=1S/C11H14BF3N.K/c13-12(14,15)11-5-3-4-10(8-11)9-16-6-1-2-7-16;/h3-5,8H,1-2,6-7,9H2;/q-1;+1. The minimum Gasteiger partial charge on any atom is -0.445 e. The van der Waals surface area contributed by atoms with E-state index in [1.165, 1.54) is 12.1 Å². The summed E-state index contributed by atoms with van der Waals surface area (Å²) in [5.41, 5.74) is 0.273. The fraction of sp³-hybridized carbons (Fsp3) is 0.455. The average molecular weight is 267 g/mol. The molecule has 0 spiro atoms. The first kappa shape index (κ1) is 15.7. The number of benzene rings is 1. The molecule has 0 bridgehead atoms. The number of hydrogen-bond donors (Lipinski definition) is 0. The van der Waals surface area contributed by atoms with E-state index in [9.17, 15) is 12.9 Å². The molecule has 1 fully saturated rings. The molecule has 1 aliphatic heterocycles. The van der Waals surface area contributed by atoms with Crippen molar-refractivity contribution in [3.63, 3.8) is 0 Å². The van der Waals surface area contributed by atoms with Crippen molar-refractivity contribution >= 4 is 12.4 Å². The van der Waals surface area contributed by atoms with Gasteiger partial charge in [-0.25, -0.2) is 0 Å². The zero-order valence-corrected chi connectivity index (χ0v) is 13.1. The summed E-state index contributed by atoms with van der Waals surface area (Å²) >= 11 is 0. The summed E-state index contributed by atoms with van der Waals surface area (Å²) in [5.74, 6) is 0. The van der Waals surface area contributed by atoms with E-state index in [1.807, 2.05) is 0 Å². The predicted molar refractivity (Wildman–Crippen MR) is 59.7 cm³/mol. The molecule has 0 aromatic heterocycles. The van der Waals surface area contributed by atoms with E-state index in [1.54, 1.807) is 6.07 Å². The van der Waals surface area contributed by atoms with Crippen LogP contribution in [0.4, 0.5) is 12.9 Å². The summed E-state index contributed by atoms with van der Waals surface area (Å²) < 4.78 is 37.6. The predicted octanol–water partition coefficient (Wildman–Crippen LogP) is -0.659. The van der Waals surface area contributed by atoms with Gasteiger partial charge in [-0.15, -0.1) is 5.46 Å². The van der Waals surface area contributed by atoms with Gasteiger partial charge in [0.1, 0.15) is 0 Å². The molecule has 0 radical (unpaired) electrons. The Balaban J connectivity index is 0.00000144. The van der Waals surface area contributed by atoms with E-state index in [0.717, 1.165) is 37.6 Å². The second kappa shape index (κ2) is 6.73. The van der Waals surface area contributed by atoms with Crippen LogP contribution in [-0.4, -0.2) is 25.0 Å². The van der Waals surface area contributed by atoms with Crippen molar-refractivity contribution < 1.29 is 64.3 Å². The van der Waals surface area contributed by atoms with Crippen LogP contribution in [0, 0.1) is 0 Å². The van der Waals surface area contributed by atoms with Crippen molar-refractivity contribution in [3.8, 4) is 0 Å². The van der Waals surface area contributed by atoms with Crippen LogP contribution in [0.2, 0.25) is 0 Å². The fourth-order valence-corrected chi connectivity index (χ4v) is 2.09. The summed E-state index contributed by atoms with van der Waals surface area (Å²) in [5, 5.41) is 0. The minimum atomic E-state index is -4.87. The number of rotatable bonds is 3. The molecular weight excluding hydrogens is 253 g/mol. The smallest absolute Gasteiger partial charge is 0.445 e. The number of halogens is 3. The fourth-order valence-electron chi connectivity index (χ4n) is 2.09. The van der Waals surface area contributed by atoms with Crippen molar-refractivity contribution in [2.24, 2.45) is 0 Å². The van der Waals surface area contributed by atoms with Gasteiger partial charge in [-0.05, 0) is 31.5 Å². The van der Waals surface area contributed by atoms with Gasteiger partial charge in [-0.3, -0.25) is 4.90 Å². The summed E-state index contributed by atoms with van der Waals surface area (Å²) in [6.45, 7) is -2.23. The van der Waals surface area contributed by atoms with E-state index in [0.29, 0.717) is 6.54 Å². The molecule has 2 rings (SSSR count). The molecular formula is C11H14BF3KN. The van der Waals surface area contributed by atoms with E-state index in [-0.39, 0.29) is 51.4 Å². The number of nitrogens with zero attached hydrogens (tertiary/aromatic N) is 1. The van der Waals surface area contributed by atoms with Crippen LogP contribution < -0.4 is 56.8 Å². The van der Waals surface area contributed by atoms with Crippen LogP contribution >= 0.6 is 0 Å². The van der Waals surface area contributed by atoms with Gasteiger partial charge in [0.15, 0.2) is 0 Å². The summed E-state index contributed by atoms with van der Waals surface area (Å²) in [6, 6.07) is 5.69. The Morgan fingerprint density at radius 2 is 1.76 bits per heavy atom. The average Bonchev–Trinajstić information content (AvgIpc) is 2.70. The molecule has 1 aromatic carbocycles. The van der Waals surface area contributed by atoms with Crippen LogP contribution in [0.5, 0.6) is 0 Å². The zero-order chi connectivity index (χ0) is 11.6. The third-order valence-electron chi connectivity index (χ3n) is 2.93. The summed E-state index contributed by atoms with van der Waals surface area (Å²) in [4.78, 5) is 2.20. The molecule has 1 heterocycles. The Morgan fingerprint density at radius 1 is 1.12 bits per heavy atom. The second-order valence-electron chi connectivity index (χ2n) is 4.30. The molecule has 17 heavy (non-hydrogen) atoms. The molecule has 0 saturated carbocycles. The third kappa shape index (κ3) is 4.69. The van der Waals surface area contributed by atoms with Crippen LogP contribution in [-0.2, 0) is 6.54 Å². The maximum atomic E-state index is 12.5. The SMILES string of the molecule is F[B-](F)(F)c1cccc(CN2CCCC2)c1.[K+]. The first-order chi connectivity index (χ1) is 7.55. The molecule has 6 heteroatoms. The molecule has 88 valence electrons. The Bertz CT molecular complexity index is 364. The molecule has 0 aliphatic carbocycles. The summed E-state index contributed by atoms with van der Waals surface area (Å²) in [6.07, 6.45) is 2.31. The Labute approximate surface area is 142 Å². The maximum absolute atomic E-state index is 12.5. The molecule has 0 amide bonds. The van der Waals surface area contributed by atoms with Crippen molar-refractivity contribution in [2.45, 2.75) is 19.4 Å². The Morgan fingerprint density at radius 3 is 2.35 bits per heavy atom. The summed E-state index contributed by atoms with van der Waals surface area (Å²) in [7, 11) is 0. The van der Waals surface area contributed by atoms with E-state index >= 15 is 0 Å².